The van der Waals surface area contributed by atoms with E-state index in [0.717, 1.165) is 25.7 Å². The average Bonchev–Trinajstić information content (AvgIpc) is 2.92. The van der Waals surface area contributed by atoms with Crippen molar-refractivity contribution in [3.05, 3.63) is 83.7 Å². The van der Waals surface area contributed by atoms with E-state index in [-0.39, 0.29) is 10.9 Å². The molecule has 0 saturated heterocycles. The molecule has 196 valence electrons. The van der Waals surface area contributed by atoms with Crippen molar-refractivity contribution in [3.63, 3.8) is 0 Å². The van der Waals surface area contributed by atoms with Crippen LogP contribution in [0.15, 0.2) is 88.6 Å². The highest BCUT2D eigenvalue weighted by Crippen LogP contribution is 2.35. The van der Waals surface area contributed by atoms with Crippen molar-refractivity contribution < 1.29 is 13.2 Å². The molecule has 4 N–H and O–H groups in total. The zero-order valence-electron chi connectivity index (χ0n) is 20.4. The first-order chi connectivity index (χ1) is 18.4. The summed E-state index contributed by atoms with van der Waals surface area (Å²) < 4.78 is 34.7. The van der Waals surface area contributed by atoms with E-state index in [1.807, 2.05) is 6.07 Å². The van der Waals surface area contributed by atoms with Crippen LogP contribution in [0.5, 0.6) is 11.5 Å². The summed E-state index contributed by atoms with van der Waals surface area (Å²) in [5, 5.41) is 3.42. The summed E-state index contributed by atoms with van der Waals surface area (Å²) in [6.07, 6.45) is 8.99. The van der Waals surface area contributed by atoms with Crippen LogP contribution in [0.25, 0.3) is 11.3 Å². The summed E-state index contributed by atoms with van der Waals surface area (Å²) in [6, 6.07) is 17.4. The molecule has 0 unspecified atom stereocenters. The number of anilines is 2. The Labute approximate surface area is 230 Å². The molecule has 1 saturated carbocycles. The van der Waals surface area contributed by atoms with Crippen molar-refractivity contribution in [2.45, 2.75) is 42.7 Å². The number of halogens is 1. The summed E-state index contributed by atoms with van der Waals surface area (Å²) in [5.41, 5.74) is 7.79. The first-order valence-corrected chi connectivity index (χ1v) is 14.5. The van der Waals surface area contributed by atoms with Gasteiger partial charge in [0.1, 0.15) is 11.5 Å². The molecule has 4 aromatic rings. The molecule has 0 aliphatic heterocycles. The van der Waals surface area contributed by atoms with Crippen LogP contribution in [0.1, 0.15) is 25.7 Å². The summed E-state index contributed by atoms with van der Waals surface area (Å²) in [7, 11) is -3.72. The second kappa shape index (κ2) is 11.5. The maximum atomic E-state index is 12.7. The molecule has 0 radical (unpaired) electrons. The molecule has 5 rings (SSSR count). The number of sulfonamides is 1. The SMILES string of the molecule is NC1CCC(Nc2nccc(-c3cnccc3Oc3ccc(NS(=O)(=O)c4ccccc4)c(Br)c3)n2)CC1. The van der Waals surface area contributed by atoms with Crippen LogP contribution in [-0.4, -0.2) is 35.5 Å². The Morgan fingerprint density at radius 2 is 1.76 bits per heavy atom. The number of nitrogens with zero attached hydrogens (tertiary/aromatic N) is 3. The highest BCUT2D eigenvalue weighted by Gasteiger charge is 2.20. The summed E-state index contributed by atoms with van der Waals surface area (Å²) in [4.78, 5) is 13.5. The molecule has 0 amide bonds. The van der Waals surface area contributed by atoms with Gasteiger partial charge in [0, 0.05) is 35.1 Å². The highest BCUT2D eigenvalue weighted by molar-refractivity contribution is 9.10. The van der Waals surface area contributed by atoms with Gasteiger partial charge < -0.3 is 15.8 Å². The Hall–Kier alpha value is -3.54. The van der Waals surface area contributed by atoms with Gasteiger partial charge in [-0.05, 0) is 84.1 Å². The molecular formula is C27H27BrN6O3S. The lowest BCUT2D eigenvalue weighted by Gasteiger charge is -2.26. The monoisotopic (exact) mass is 594 g/mol. The number of aromatic nitrogens is 3. The van der Waals surface area contributed by atoms with Crippen molar-refractivity contribution in [2.24, 2.45) is 5.73 Å². The van der Waals surface area contributed by atoms with Gasteiger partial charge in [-0.15, -0.1) is 0 Å². The molecule has 0 spiro atoms. The minimum atomic E-state index is -3.72. The molecule has 11 heteroatoms. The zero-order valence-corrected chi connectivity index (χ0v) is 22.8. The zero-order chi connectivity index (χ0) is 26.5. The lowest BCUT2D eigenvalue weighted by atomic mass is 9.92. The highest BCUT2D eigenvalue weighted by atomic mass is 79.9. The van der Waals surface area contributed by atoms with Gasteiger partial charge in [0.05, 0.1) is 21.8 Å². The lowest BCUT2D eigenvalue weighted by Crippen LogP contribution is -2.33. The number of pyridine rings is 1. The van der Waals surface area contributed by atoms with Crippen molar-refractivity contribution >= 4 is 37.6 Å². The number of benzene rings is 2. The van der Waals surface area contributed by atoms with Crippen molar-refractivity contribution in [1.82, 2.24) is 15.0 Å². The van der Waals surface area contributed by atoms with Gasteiger partial charge in [0.15, 0.2) is 0 Å². The van der Waals surface area contributed by atoms with Crippen LogP contribution < -0.4 is 20.5 Å². The molecule has 0 atom stereocenters. The van der Waals surface area contributed by atoms with E-state index < -0.39 is 10.0 Å². The summed E-state index contributed by atoms with van der Waals surface area (Å²) >= 11 is 3.45. The minimum Gasteiger partial charge on any atom is -0.457 e. The first-order valence-electron chi connectivity index (χ1n) is 12.2. The van der Waals surface area contributed by atoms with Gasteiger partial charge in [0.2, 0.25) is 5.95 Å². The third kappa shape index (κ3) is 6.29. The number of rotatable bonds is 8. The average molecular weight is 596 g/mol. The van der Waals surface area contributed by atoms with Crippen molar-refractivity contribution in [2.75, 3.05) is 10.0 Å². The Morgan fingerprint density at radius 1 is 0.974 bits per heavy atom. The van der Waals surface area contributed by atoms with Gasteiger partial charge in [-0.3, -0.25) is 9.71 Å². The van der Waals surface area contributed by atoms with E-state index in [2.05, 4.69) is 35.9 Å². The maximum Gasteiger partial charge on any atom is 0.261 e. The maximum absolute atomic E-state index is 12.7. The summed E-state index contributed by atoms with van der Waals surface area (Å²) in [5.74, 6) is 1.62. The van der Waals surface area contributed by atoms with E-state index in [9.17, 15) is 8.42 Å². The predicted molar refractivity (Wildman–Crippen MR) is 151 cm³/mol. The van der Waals surface area contributed by atoms with Crippen LogP contribution in [0.3, 0.4) is 0 Å². The van der Waals surface area contributed by atoms with Crippen LogP contribution in [-0.2, 0) is 10.0 Å². The molecule has 1 fully saturated rings. The lowest BCUT2D eigenvalue weighted by molar-refractivity contribution is 0.410. The molecule has 38 heavy (non-hydrogen) atoms. The Morgan fingerprint density at radius 3 is 2.53 bits per heavy atom. The predicted octanol–water partition coefficient (Wildman–Crippen LogP) is 5.58. The van der Waals surface area contributed by atoms with Gasteiger partial charge in [-0.25, -0.2) is 18.4 Å². The Kier molecular flexibility index (Phi) is 7.87. The molecule has 1 aliphatic rings. The number of nitrogens with two attached hydrogens (primary N) is 1. The largest absolute Gasteiger partial charge is 0.457 e. The van der Waals surface area contributed by atoms with E-state index >= 15 is 0 Å². The van der Waals surface area contributed by atoms with Gasteiger partial charge in [-0.2, -0.15) is 0 Å². The number of hydrogen-bond acceptors (Lipinski definition) is 8. The van der Waals surface area contributed by atoms with Gasteiger partial charge in [0.25, 0.3) is 10.0 Å². The summed E-state index contributed by atoms with van der Waals surface area (Å²) in [6.45, 7) is 0. The third-order valence-corrected chi connectivity index (χ3v) is 8.32. The molecule has 0 bridgehead atoms. The number of hydrogen-bond donors (Lipinski definition) is 3. The Balaban J connectivity index is 1.33. The second-order valence-electron chi connectivity index (χ2n) is 9.06. The number of ether oxygens (including phenoxy) is 1. The normalized spacial score (nSPS) is 17.5. The minimum absolute atomic E-state index is 0.180. The topological polar surface area (TPSA) is 132 Å². The molecule has 9 nitrogen and oxygen atoms in total. The van der Waals surface area contributed by atoms with Crippen molar-refractivity contribution in [1.29, 1.82) is 0 Å². The van der Waals surface area contributed by atoms with Gasteiger partial charge >= 0.3 is 0 Å². The van der Waals surface area contributed by atoms with E-state index in [0.29, 0.717) is 44.9 Å². The fourth-order valence-corrected chi connectivity index (χ4v) is 5.95. The third-order valence-electron chi connectivity index (χ3n) is 6.28. The quantitative estimate of drug-likeness (QED) is 0.241. The molecular weight excluding hydrogens is 568 g/mol. The molecule has 1 aliphatic carbocycles. The first kappa shape index (κ1) is 26.1. The number of nitrogens with one attached hydrogen (secondary N) is 2. The van der Waals surface area contributed by atoms with E-state index in [1.54, 1.807) is 61.1 Å². The van der Waals surface area contributed by atoms with Crippen LogP contribution >= 0.6 is 15.9 Å². The second-order valence-corrected chi connectivity index (χ2v) is 11.6. The molecule has 2 aromatic carbocycles. The van der Waals surface area contributed by atoms with Crippen molar-refractivity contribution in [3.8, 4) is 22.8 Å². The fraction of sp³-hybridized carbons (Fsp3) is 0.222. The van der Waals surface area contributed by atoms with E-state index in [1.165, 1.54) is 12.1 Å². The van der Waals surface area contributed by atoms with Crippen LogP contribution in [0.4, 0.5) is 11.6 Å². The van der Waals surface area contributed by atoms with Gasteiger partial charge in [-0.1, -0.05) is 18.2 Å². The molecule has 2 aromatic heterocycles. The smallest absolute Gasteiger partial charge is 0.261 e. The standard InChI is InChI=1S/C27H27BrN6O3S/c28-23-16-20(10-11-25(23)34-38(35,36)21-4-2-1-3-5-21)37-26-13-14-30-17-22(26)24-12-15-31-27(33-24)32-19-8-6-18(29)7-9-19/h1-5,10-19,34H,6-9,29H2,(H,31,32,33). The Bertz CT molecular complexity index is 1510. The van der Waals surface area contributed by atoms with Crippen LogP contribution in [0.2, 0.25) is 0 Å². The van der Waals surface area contributed by atoms with E-state index in [4.69, 9.17) is 15.5 Å². The van der Waals surface area contributed by atoms with Crippen LogP contribution in [0, 0.1) is 0 Å². The fourth-order valence-electron chi connectivity index (χ4n) is 4.26. The molecule has 2 heterocycles.